The van der Waals surface area contributed by atoms with Crippen molar-refractivity contribution in [2.75, 3.05) is 0 Å². The molecule has 0 bridgehead atoms. The van der Waals surface area contributed by atoms with Crippen LogP contribution < -0.4 is 0 Å². The molecule has 0 fully saturated rings. The molecule has 1 aromatic carbocycles. The molecule has 0 atom stereocenters. The van der Waals surface area contributed by atoms with Gasteiger partial charge in [-0.3, -0.25) is 4.98 Å². The van der Waals surface area contributed by atoms with E-state index in [-0.39, 0.29) is 0 Å². The number of hydrogen-bond acceptors (Lipinski definition) is 4. The third-order valence-corrected chi connectivity index (χ3v) is 2.95. The van der Waals surface area contributed by atoms with Gasteiger partial charge >= 0.3 is 0 Å². The fourth-order valence-corrected chi connectivity index (χ4v) is 2.17. The summed E-state index contributed by atoms with van der Waals surface area (Å²) in [6.07, 6.45) is 1.58. The molecule has 2 heterocycles. The van der Waals surface area contributed by atoms with E-state index < -0.39 is 0 Å². The van der Waals surface area contributed by atoms with E-state index in [1.807, 2.05) is 38.1 Å². The zero-order valence-corrected chi connectivity index (χ0v) is 10.6. The molecule has 0 saturated heterocycles. The summed E-state index contributed by atoms with van der Waals surface area (Å²) in [5.41, 5.74) is 2.07. The van der Waals surface area contributed by atoms with Crippen molar-refractivity contribution in [1.29, 1.82) is 5.26 Å². The zero-order valence-electron chi connectivity index (χ0n) is 10.6. The first-order valence-electron chi connectivity index (χ1n) is 5.89. The summed E-state index contributed by atoms with van der Waals surface area (Å²) < 4.78 is 1.71. The first-order valence-corrected chi connectivity index (χ1v) is 5.89. The van der Waals surface area contributed by atoms with Crippen molar-refractivity contribution in [2.24, 2.45) is 0 Å². The highest BCUT2D eigenvalue weighted by atomic mass is 15.3. The number of aromatic nitrogens is 4. The molecule has 0 N–H and O–H groups in total. The van der Waals surface area contributed by atoms with Crippen LogP contribution in [0.15, 0.2) is 30.5 Å². The minimum Gasteiger partial charge on any atom is -0.255 e. The van der Waals surface area contributed by atoms with Crippen molar-refractivity contribution in [1.82, 2.24) is 19.7 Å². The second-order valence-corrected chi connectivity index (χ2v) is 4.27. The van der Waals surface area contributed by atoms with Crippen molar-refractivity contribution in [2.45, 2.75) is 13.8 Å². The Hall–Kier alpha value is -2.74. The van der Waals surface area contributed by atoms with Crippen LogP contribution in [0.1, 0.15) is 17.2 Å². The molecule has 0 aliphatic carbocycles. The van der Waals surface area contributed by atoms with Crippen molar-refractivity contribution in [3.05, 3.63) is 47.7 Å². The Bertz CT molecular complexity index is 810. The number of fused-ring (bicyclic) bond motifs is 1. The van der Waals surface area contributed by atoms with Crippen LogP contribution in [-0.4, -0.2) is 19.7 Å². The number of hydrogen-bond donors (Lipinski definition) is 0. The number of rotatable bonds is 1. The largest absolute Gasteiger partial charge is 0.255 e. The topological polar surface area (TPSA) is 67.4 Å². The highest BCUT2D eigenvalue weighted by Gasteiger charge is 2.14. The lowest BCUT2D eigenvalue weighted by Gasteiger charge is -2.09. The zero-order chi connectivity index (χ0) is 13.4. The molecule has 3 aromatic rings. The van der Waals surface area contributed by atoms with Gasteiger partial charge in [-0.1, -0.05) is 18.2 Å². The summed E-state index contributed by atoms with van der Waals surface area (Å²) in [4.78, 5) is 8.58. The Morgan fingerprint density at radius 2 is 2.00 bits per heavy atom. The van der Waals surface area contributed by atoms with Gasteiger partial charge in [0.05, 0.1) is 16.8 Å². The Labute approximate surface area is 110 Å². The fourth-order valence-electron chi connectivity index (χ4n) is 2.17. The molecule has 0 aliphatic rings. The van der Waals surface area contributed by atoms with E-state index in [1.54, 1.807) is 10.9 Å². The van der Waals surface area contributed by atoms with Crippen LogP contribution in [0, 0.1) is 25.2 Å². The van der Waals surface area contributed by atoms with Gasteiger partial charge in [0.1, 0.15) is 17.7 Å². The van der Waals surface area contributed by atoms with Crippen LogP contribution in [0.3, 0.4) is 0 Å². The molecule has 0 aliphatic heterocycles. The molecule has 0 radical (unpaired) electrons. The van der Waals surface area contributed by atoms with Crippen molar-refractivity contribution >= 4 is 10.9 Å². The summed E-state index contributed by atoms with van der Waals surface area (Å²) >= 11 is 0. The maximum absolute atomic E-state index is 9.29. The molecular formula is C14H11N5. The first kappa shape index (κ1) is 11.4. The lowest BCUT2D eigenvalue weighted by atomic mass is 10.1. The maximum Gasteiger partial charge on any atom is 0.148 e. The standard InChI is InChI=1S/C14H11N5/c1-9-17-10(2)19(18-9)14-11(7-15)8-16-13-6-4-3-5-12(13)14/h3-6,8H,1-2H3. The van der Waals surface area contributed by atoms with Crippen LogP contribution in [0.25, 0.3) is 16.6 Å². The predicted octanol–water partition coefficient (Wildman–Crippen LogP) is 2.30. The van der Waals surface area contributed by atoms with E-state index in [2.05, 4.69) is 21.1 Å². The molecule has 92 valence electrons. The quantitative estimate of drug-likeness (QED) is 0.663. The summed E-state index contributed by atoms with van der Waals surface area (Å²) in [6.45, 7) is 3.70. The minimum atomic E-state index is 0.492. The van der Waals surface area contributed by atoms with Gasteiger partial charge in [-0.05, 0) is 19.9 Å². The normalized spacial score (nSPS) is 10.6. The predicted molar refractivity (Wildman–Crippen MR) is 70.8 cm³/mol. The van der Waals surface area contributed by atoms with E-state index in [1.165, 1.54) is 0 Å². The SMILES string of the molecule is Cc1nc(C)n(-c2c(C#N)cnc3ccccc23)n1. The van der Waals surface area contributed by atoms with Crippen molar-refractivity contribution < 1.29 is 0 Å². The lowest BCUT2D eigenvalue weighted by molar-refractivity contribution is 0.833. The van der Waals surface area contributed by atoms with E-state index in [9.17, 15) is 5.26 Å². The van der Waals surface area contributed by atoms with E-state index in [0.717, 1.165) is 22.4 Å². The smallest absolute Gasteiger partial charge is 0.148 e. The molecular weight excluding hydrogens is 238 g/mol. The summed E-state index contributed by atoms with van der Waals surface area (Å²) in [5, 5.41) is 14.5. The van der Waals surface area contributed by atoms with Crippen LogP contribution in [0.5, 0.6) is 0 Å². The molecule has 3 rings (SSSR count). The second kappa shape index (κ2) is 4.18. The van der Waals surface area contributed by atoms with Gasteiger partial charge < -0.3 is 0 Å². The summed E-state index contributed by atoms with van der Waals surface area (Å²) in [6, 6.07) is 9.87. The molecule has 5 nitrogen and oxygen atoms in total. The number of aryl methyl sites for hydroxylation is 2. The third-order valence-electron chi connectivity index (χ3n) is 2.95. The molecule has 5 heteroatoms. The Morgan fingerprint density at radius 1 is 1.21 bits per heavy atom. The van der Waals surface area contributed by atoms with Crippen LogP contribution in [0.4, 0.5) is 0 Å². The Kier molecular flexibility index (Phi) is 2.50. The monoisotopic (exact) mass is 249 g/mol. The Balaban J connectivity index is 2.44. The van der Waals surface area contributed by atoms with Gasteiger partial charge in [0, 0.05) is 11.6 Å². The van der Waals surface area contributed by atoms with Crippen LogP contribution in [-0.2, 0) is 0 Å². The lowest BCUT2D eigenvalue weighted by Crippen LogP contribution is -2.04. The van der Waals surface area contributed by atoms with E-state index in [0.29, 0.717) is 11.4 Å². The van der Waals surface area contributed by atoms with Gasteiger partial charge in [0.15, 0.2) is 0 Å². The minimum absolute atomic E-state index is 0.492. The number of nitriles is 1. The average molecular weight is 249 g/mol. The molecule has 0 unspecified atom stereocenters. The highest BCUT2D eigenvalue weighted by Crippen LogP contribution is 2.24. The van der Waals surface area contributed by atoms with Gasteiger partial charge in [-0.25, -0.2) is 9.67 Å². The third kappa shape index (κ3) is 1.74. The van der Waals surface area contributed by atoms with E-state index >= 15 is 0 Å². The number of pyridine rings is 1. The van der Waals surface area contributed by atoms with Crippen molar-refractivity contribution in [3.63, 3.8) is 0 Å². The summed E-state index contributed by atoms with van der Waals surface area (Å²) in [5.74, 6) is 1.44. The van der Waals surface area contributed by atoms with Crippen molar-refractivity contribution in [3.8, 4) is 11.8 Å². The Morgan fingerprint density at radius 3 is 2.68 bits per heavy atom. The molecule has 0 spiro atoms. The van der Waals surface area contributed by atoms with Crippen LogP contribution in [0.2, 0.25) is 0 Å². The maximum atomic E-state index is 9.29. The number of para-hydroxylation sites is 1. The van der Waals surface area contributed by atoms with Gasteiger partial charge in [-0.2, -0.15) is 10.4 Å². The number of benzene rings is 1. The first-order chi connectivity index (χ1) is 9.20. The average Bonchev–Trinajstić information content (AvgIpc) is 2.76. The second-order valence-electron chi connectivity index (χ2n) is 4.27. The van der Waals surface area contributed by atoms with Crippen LogP contribution >= 0.6 is 0 Å². The molecule has 19 heavy (non-hydrogen) atoms. The summed E-state index contributed by atoms with van der Waals surface area (Å²) in [7, 11) is 0. The number of nitrogens with zero attached hydrogens (tertiary/aromatic N) is 5. The molecule has 2 aromatic heterocycles. The van der Waals surface area contributed by atoms with Gasteiger partial charge in [0.2, 0.25) is 0 Å². The van der Waals surface area contributed by atoms with Gasteiger partial charge in [-0.15, -0.1) is 0 Å². The van der Waals surface area contributed by atoms with E-state index in [4.69, 9.17) is 0 Å². The highest BCUT2D eigenvalue weighted by molar-refractivity contribution is 5.89. The molecule has 0 saturated carbocycles. The van der Waals surface area contributed by atoms with Gasteiger partial charge in [0.25, 0.3) is 0 Å². The molecule has 0 amide bonds. The fraction of sp³-hybridized carbons (Fsp3) is 0.143.